The second kappa shape index (κ2) is 10.4. The average molecular weight is 498 g/mol. The predicted octanol–water partition coefficient (Wildman–Crippen LogP) is 3.52. The molecular weight excluding hydrogens is 473 g/mol. The predicted molar refractivity (Wildman–Crippen MR) is 117 cm³/mol. The second-order valence-electron chi connectivity index (χ2n) is 8.39. The number of halogens is 3. The third-order valence-electron chi connectivity index (χ3n) is 6.05. The minimum absolute atomic E-state index is 0.0204. The van der Waals surface area contributed by atoms with E-state index in [2.05, 4.69) is 25.3 Å². The molecule has 11 nitrogen and oxygen atoms in total. The summed E-state index contributed by atoms with van der Waals surface area (Å²) in [4.78, 5) is 28.9. The fraction of sp³-hybridized carbons (Fsp3) is 0.524. The Balaban J connectivity index is 1.22. The number of amides is 2. The molecule has 0 radical (unpaired) electrons. The van der Waals surface area contributed by atoms with Crippen LogP contribution in [0.5, 0.6) is 11.8 Å². The monoisotopic (exact) mass is 498 g/mol. The number of hydrogen-bond donors (Lipinski definition) is 2. The van der Waals surface area contributed by atoms with Crippen molar-refractivity contribution in [3.05, 3.63) is 40.6 Å². The van der Waals surface area contributed by atoms with Crippen LogP contribution >= 0.6 is 0 Å². The van der Waals surface area contributed by atoms with Crippen LogP contribution in [0.2, 0.25) is 0 Å². The van der Waals surface area contributed by atoms with Gasteiger partial charge in [0.25, 0.3) is 0 Å². The number of carbonyl (C=O) groups excluding carboxylic acids is 1. The summed E-state index contributed by atoms with van der Waals surface area (Å²) in [6.45, 7) is 2.30. The van der Waals surface area contributed by atoms with Gasteiger partial charge >= 0.3 is 24.2 Å². The van der Waals surface area contributed by atoms with E-state index < -0.39 is 17.3 Å². The van der Waals surface area contributed by atoms with Crippen LogP contribution in [0.4, 0.5) is 29.5 Å². The van der Waals surface area contributed by atoms with Crippen LogP contribution < -0.4 is 20.1 Å². The highest BCUT2D eigenvalue weighted by molar-refractivity contribution is 5.89. The Morgan fingerprint density at radius 1 is 1.14 bits per heavy atom. The van der Waals surface area contributed by atoms with E-state index in [1.54, 1.807) is 4.57 Å². The molecule has 2 aromatic rings. The fourth-order valence-electron chi connectivity index (χ4n) is 4.39. The maximum atomic E-state index is 12.3. The van der Waals surface area contributed by atoms with Crippen molar-refractivity contribution in [2.75, 3.05) is 25.0 Å². The van der Waals surface area contributed by atoms with E-state index in [1.807, 2.05) is 0 Å². The van der Waals surface area contributed by atoms with E-state index in [4.69, 9.17) is 4.74 Å². The van der Waals surface area contributed by atoms with Crippen molar-refractivity contribution >= 4 is 17.5 Å². The van der Waals surface area contributed by atoms with E-state index in [0.29, 0.717) is 38.0 Å². The zero-order valence-electron chi connectivity index (χ0n) is 18.7. The van der Waals surface area contributed by atoms with Gasteiger partial charge in [-0.15, -0.1) is 13.2 Å². The smallest absolute Gasteiger partial charge is 0.444 e. The first-order chi connectivity index (χ1) is 16.7. The quantitative estimate of drug-likeness (QED) is 0.478. The van der Waals surface area contributed by atoms with E-state index in [-0.39, 0.29) is 23.6 Å². The van der Waals surface area contributed by atoms with Gasteiger partial charge in [0.2, 0.25) is 0 Å². The Morgan fingerprint density at radius 3 is 2.51 bits per heavy atom. The summed E-state index contributed by atoms with van der Waals surface area (Å²) < 4.78 is 47.8. The van der Waals surface area contributed by atoms with Gasteiger partial charge in [-0.3, -0.25) is 9.47 Å². The number of nitrogens with one attached hydrogen (secondary N) is 2. The van der Waals surface area contributed by atoms with Crippen molar-refractivity contribution in [3.8, 4) is 11.8 Å². The largest absolute Gasteiger partial charge is 0.573 e. The number of carbonyl (C=O) groups is 1. The molecule has 14 heteroatoms. The van der Waals surface area contributed by atoms with Crippen LogP contribution in [-0.4, -0.2) is 63.5 Å². The number of imidazole rings is 1. The van der Waals surface area contributed by atoms with Crippen molar-refractivity contribution < 1.29 is 32.4 Å². The SMILES string of the molecule is O=C(Nc1ccc(OC(F)(F)F)cc1)NC1CCC(N2CCOc3nc([N+](=O)[O-])cn3CC2)CC1. The Morgan fingerprint density at radius 2 is 1.86 bits per heavy atom. The molecule has 2 amide bonds. The first-order valence-electron chi connectivity index (χ1n) is 11.2. The fourth-order valence-corrected chi connectivity index (χ4v) is 4.39. The summed E-state index contributed by atoms with van der Waals surface area (Å²) in [6.07, 6.45) is -0.106. The van der Waals surface area contributed by atoms with Crippen LogP contribution in [0.15, 0.2) is 30.5 Å². The lowest BCUT2D eigenvalue weighted by atomic mass is 9.90. The standard InChI is InChI=1S/C21H25F3N6O5/c22-21(23,24)35-17-7-3-15(4-8-17)26-19(31)25-14-1-5-16(6-2-14)28-9-10-29-13-18(30(32)33)27-20(29)34-12-11-28/h3-4,7-8,13-14,16H,1-2,5-6,9-12H2,(H2,25,26,31). The number of anilines is 1. The molecule has 1 aromatic heterocycles. The average Bonchev–Trinajstić information content (AvgIpc) is 3.17. The normalized spacial score (nSPS) is 21.1. The third-order valence-corrected chi connectivity index (χ3v) is 6.05. The summed E-state index contributed by atoms with van der Waals surface area (Å²) in [5.41, 5.74) is 0.352. The highest BCUT2D eigenvalue weighted by atomic mass is 19.4. The van der Waals surface area contributed by atoms with Gasteiger partial charge in [-0.25, -0.2) is 4.79 Å². The summed E-state index contributed by atoms with van der Waals surface area (Å²) >= 11 is 0. The minimum Gasteiger partial charge on any atom is -0.444 e. The number of benzene rings is 1. The molecule has 35 heavy (non-hydrogen) atoms. The first-order valence-corrected chi connectivity index (χ1v) is 11.2. The maximum Gasteiger partial charge on any atom is 0.573 e. The Labute approximate surface area is 198 Å². The van der Waals surface area contributed by atoms with Gasteiger partial charge in [-0.2, -0.15) is 0 Å². The number of ether oxygens (including phenoxy) is 2. The number of nitrogens with zero attached hydrogens (tertiary/aromatic N) is 4. The van der Waals surface area contributed by atoms with E-state index >= 15 is 0 Å². The van der Waals surface area contributed by atoms with Gasteiger partial charge in [0.15, 0.2) is 0 Å². The molecule has 0 unspecified atom stereocenters. The number of hydrogen-bond acceptors (Lipinski definition) is 7. The molecule has 1 saturated carbocycles. The van der Waals surface area contributed by atoms with Crippen LogP contribution in [-0.2, 0) is 6.54 Å². The Hall–Kier alpha value is -3.55. The highest BCUT2D eigenvalue weighted by Gasteiger charge is 2.31. The lowest BCUT2D eigenvalue weighted by molar-refractivity contribution is -0.389. The molecule has 4 rings (SSSR count). The zero-order chi connectivity index (χ0) is 25.0. The van der Waals surface area contributed by atoms with E-state index in [1.165, 1.54) is 18.3 Å². The van der Waals surface area contributed by atoms with Crippen molar-refractivity contribution in [3.63, 3.8) is 0 Å². The number of rotatable bonds is 5. The molecule has 0 atom stereocenters. The molecule has 0 saturated heterocycles. The summed E-state index contributed by atoms with van der Waals surface area (Å²) in [5.74, 6) is -0.595. The number of fused-ring (bicyclic) bond motifs is 1. The molecule has 1 aliphatic carbocycles. The lowest BCUT2D eigenvalue weighted by Crippen LogP contribution is -2.47. The Bertz CT molecular complexity index is 1040. The zero-order valence-corrected chi connectivity index (χ0v) is 18.7. The molecule has 190 valence electrons. The third kappa shape index (κ3) is 6.74. The van der Waals surface area contributed by atoms with Gasteiger partial charge in [0, 0.05) is 42.4 Å². The topological polar surface area (TPSA) is 124 Å². The maximum absolute atomic E-state index is 12.3. The molecule has 1 aliphatic heterocycles. The Kier molecular flexibility index (Phi) is 7.28. The van der Waals surface area contributed by atoms with Gasteiger partial charge in [0.1, 0.15) is 18.6 Å². The second-order valence-corrected chi connectivity index (χ2v) is 8.39. The first kappa shape index (κ1) is 24.6. The number of alkyl halides is 3. The van der Waals surface area contributed by atoms with Gasteiger partial charge in [-0.1, -0.05) is 0 Å². The van der Waals surface area contributed by atoms with E-state index in [0.717, 1.165) is 37.8 Å². The molecule has 2 heterocycles. The summed E-state index contributed by atoms with van der Waals surface area (Å²) in [6, 6.07) is 5.06. The number of aromatic nitrogens is 2. The molecule has 2 aliphatic rings. The molecule has 0 bridgehead atoms. The number of urea groups is 1. The van der Waals surface area contributed by atoms with Crippen molar-refractivity contribution in [2.45, 2.75) is 50.7 Å². The molecule has 2 N–H and O–H groups in total. The lowest BCUT2D eigenvalue weighted by Gasteiger charge is -2.37. The van der Waals surface area contributed by atoms with Gasteiger partial charge in [0.05, 0.1) is 0 Å². The molecular formula is C21H25F3N6O5. The molecule has 1 aromatic carbocycles. The van der Waals surface area contributed by atoms with Crippen LogP contribution in [0, 0.1) is 10.1 Å². The molecule has 1 fully saturated rings. The van der Waals surface area contributed by atoms with Crippen LogP contribution in [0.3, 0.4) is 0 Å². The van der Waals surface area contributed by atoms with Crippen LogP contribution in [0.1, 0.15) is 25.7 Å². The highest BCUT2D eigenvalue weighted by Crippen LogP contribution is 2.26. The van der Waals surface area contributed by atoms with E-state index in [9.17, 15) is 28.1 Å². The summed E-state index contributed by atoms with van der Waals surface area (Å²) in [5, 5.41) is 16.5. The van der Waals surface area contributed by atoms with Crippen LogP contribution in [0.25, 0.3) is 0 Å². The van der Waals surface area contributed by atoms with Crippen molar-refractivity contribution in [1.82, 2.24) is 19.8 Å². The summed E-state index contributed by atoms with van der Waals surface area (Å²) in [7, 11) is 0. The van der Waals surface area contributed by atoms with Crippen molar-refractivity contribution in [1.29, 1.82) is 0 Å². The van der Waals surface area contributed by atoms with Crippen molar-refractivity contribution in [2.24, 2.45) is 0 Å². The minimum atomic E-state index is -4.77. The molecule has 0 spiro atoms. The van der Waals surface area contributed by atoms with Gasteiger partial charge < -0.3 is 30.2 Å². The van der Waals surface area contributed by atoms with Gasteiger partial charge in [-0.05, 0) is 54.9 Å². The number of nitro groups is 1.